The van der Waals surface area contributed by atoms with Crippen molar-refractivity contribution >= 4 is 23.2 Å². The zero-order chi connectivity index (χ0) is 20.5. The summed E-state index contributed by atoms with van der Waals surface area (Å²) in [6.07, 6.45) is 6.61. The number of fused-ring (bicyclic) bond motifs is 1. The van der Waals surface area contributed by atoms with Gasteiger partial charge in [0.25, 0.3) is 0 Å². The van der Waals surface area contributed by atoms with Crippen LogP contribution in [0.3, 0.4) is 0 Å². The standard InChI is InChI=1S/C22H37N5OS/c1-3-23-22(24-11-6-14-26-13-5-4-7-18(26)2)25-12-8-21(28)27-15-9-20-19(17-27)10-16-29-20/h10,16,18H,3-9,11-15,17H2,1-2H3,(H2,23,24,25). The lowest BCUT2D eigenvalue weighted by Gasteiger charge is -2.33. The fourth-order valence-electron chi connectivity index (χ4n) is 4.20. The van der Waals surface area contributed by atoms with E-state index in [2.05, 4.69) is 40.8 Å². The van der Waals surface area contributed by atoms with Crippen LogP contribution in [0.5, 0.6) is 0 Å². The Labute approximate surface area is 179 Å². The molecule has 2 aliphatic rings. The first-order valence-corrected chi connectivity index (χ1v) is 12.1. The van der Waals surface area contributed by atoms with E-state index >= 15 is 0 Å². The molecule has 3 rings (SSSR count). The van der Waals surface area contributed by atoms with Crippen LogP contribution in [0.4, 0.5) is 0 Å². The molecule has 0 spiro atoms. The van der Waals surface area contributed by atoms with Crippen LogP contribution in [0.25, 0.3) is 0 Å². The summed E-state index contributed by atoms with van der Waals surface area (Å²) < 4.78 is 0. The fourth-order valence-corrected chi connectivity index (χ4v) is 5.09. The number of nitrogens with zero attached hydrogens (tertiary/aromatic N) is 3. The molecule has 1 amide bonds. The number of hydrogen-bond donors (Lipinski definition) is 2. The lowest BCUT2D eigenvalue weighted by Crippen LogP contribution is -2.41. The molecule has 6 nitrogen and oxygen atoms in total. The van der Waals surface area contributed by atoms with Gasteiger partial charge in [-0.2, -0.15) is 0 Å². The third-order valence-electron chi connectivity index (χ3n) is 5.95. The maximum Gasteiger partial charge on any atom is 0.224 e. The number of hydrogen-bond acceptors (Lipinski definition) is 4. The molecule has 0 aliphatic carbocycles. The molecule has 1 saturated heterocycles. The lowest BCUT2D eigenvalue weighted by molar-refractivity contribution is -0.131. The molecule has 0 radical (unpaired) electrons. The largest absolute Gasteiger partial charge is 0.357 e. The molecule has 1 atom stereocenters. The molecule has 0 aromatic carbocycles. The zero-order valence-electron chi connectivity index (χ0n) is 18.1. The van der Waals surface area contributed by atoms with Crippen LogP contribution in [0.2, 0.25) is 0 Å². The van der Waals surface area contributed by atoms with E-state index in [1.165, 1.54) is 36.2 Å². The second kappa shape index (κ2) is 11.6. The van der Waals surface area contributed by atoms with E-state index < -0.39 is 0 Å². The predicted octanol–water partition coefficient (Wildman–Crippen LogP) is 2.84. The molecule has 2 aliphatic heterocycles. The van der Waals surface area contributed by atoms with Gasteiger partial charge in [-0.05, 0) is 63.1 Å². The van der Waals surface area contributed by atoms with Gasteiger partial charge in [0.05, 0.1) is 0 Å². The molecule has 29 heavy (non-hydrogen) atoms. The summed E-state index contributed by atoms with van der Waals surface area (Å²) in [5.74, 6) is 1.05. The van der Waals surface area contributed by atoms with E-state index in [1.54, 1.807) is 0 Å². The van der Waals surface area contributed by atoms with Crippen LogP contribution < -0.4 is 10.6 Å². The smallest absolute Gasteiger partial charge is 0.224 e. The molecule has 1 aromatic rings. The van der Waals surface area contributed by atoms with Gasteiger partial charge >= 0.3 is 0 Å². The molecule has 3 heterocycles. The Bertz CT molecular complexity index is 674. The number of amides is 1. The molecule has 0 bridgehead atoms. The van der Waals surface area contributed by atoms with Gasteiger partial charge in [0.2, 0.25) is 5.91 Å². The topological polar surface area (TPSA) is 60.0 Å². The highest BCUT2D eigenvalue weighted by Gasteiger charge is 2.21. The monoisotopic (exact) mass is 419 g/mol. The Kier molecular flexibility index (Phi) is 8.80. The Morgan fingerprint density at radius 2 is 2.21 bits per heavy atom. The summed E-state index contributed by atoms with van der Waals surface area (Å²) in [5, 5.41) is 8.76. The molecule has 2 N–H and O–H groups in total. The highest BCUT2D eigenvalue weighted by Crippen LogP contribution is 2.24. The van der Waals surface area contributed by atoms with E-state index in [9.17, 15) is 4.79 Å². The van der Waals surface area contributed by atoms with Gasteiger partial charge in [-0.1, -0.05) is 6.42 Å². The molecule has 0 saturated carbocycles. The quantitative estimate of drug-likeness (QED) is 0.386. The van der Waals surface area contributed by atoms with Crippen molar-refractivity contribution in [2.24, 2.45) is 4.99 Å². The van der Waals surface area contributed by atoms with Crippen LogP contribution in [0, 0.1) is 0 Å². The number of carbonyl (C=O) groups excluding carboxylic acids is 1. The third kappa shape index (κ3) is 6.71. The predicted molar refractivity (Wildman–Crippen MR) is 122 cm³/mol. The van der Waals surface area contributed by atoms with E-state index in [-0.39, 0.29) is 5.91 Å². The molecule has 162 valence electrons. The average Bonchev–Trinajstić information content (AvgIpc) is 3.20. The van der Waals surface area contributed by atoms with Crippen molar-refractivity contribution < 1.29 is 4.79 Å². The minimum Gasteiger partial charge on any atom is -0.357 e. The van der Waals surface area contributed by atoms with Gasteiger partial charge in [0.15, 0.2) is 5.96 Å². The molecule has 1 aromatic heterocycles. The van der Waals surface area contributed by atoms with Crippen molar-refractivity contribution in [2.45, 2.75) is 65.0 Å². The number of aliphatic imine (C=N–C) groups is 1. The van der Waals surface area contributed by atoms with Crippen molar-refractivity contribution in [3.8, 4) is 0 Å². The minimum atomic E-state index is 0.226. The SMILES string of the molecule is CCNC(=NCCCN1CCCCC1C)NCCC(=O)N1CCc2sccc2C1. The second-order valence-electron chi connectivity index (χ2n) is 8.11. The molecular formula is C22H37N5OS. The number of thiophene rings is 1. The highest BCUT2D eigenvalue weighted by atomic mass is 32.1. The normalized spacial score (nSPS) is 20.4. The number of likely N-dealkylation sites (tertiary alicyclic amines) is 1. The van der Waals surface area contributed by atoms with Gasteiger partial charge in [-0.15, -0.1) is 11.3 Å². The maximum absolute atomic E-state index is 12.6. The van der Waals surface area contributed by atoms with Crippen LogP contribution in [-0.2, 0) is 17.8 Å². The van der Waals surface area contributed by atoms with E-state index in [4.69, 9.17) is 4.99 Å². The van der Waals surface area contributed by atoms with Crippen molar-refractivity contribution in [1.29, 1.82) is 0 Å². The summed E-state index contributed by atoms with van der Waals surface area (Å²) in [4.78, 5) is 23.3. The number of nitrogens with one attached hydrogen (secondary N) is 2. The van der Waals surface area contributed by atoms with E-state index in [0.29, 0.717) is 19.0 Å². The first-order chi connectivity index (χ1) is 14.2. The van der Waals surface area contributed by atoms with Crippen molar-refractivity contribution in [2.75, 3.05) is 39.3 Å². The summed E-state index contributed by atoms with van der Waals surface area (Å²) in [6.45, 7) is 10.7. The number of rotatable bonds is 8. The van der Waals surface area contributed by atoms with Gasteiger partial charge in [-0.25, -0.2) is 0 Å². The molecule has 7 heteroatoms. The van der Waals surface area contributed by atoms with Crippen molar-refractivity contribution in [3.63, 3.8) is 0 Å². The zero-order valence-corrected chi connectivity index (χ0v) is 18.9. The summed E-state index contributed by atoms with van der Waals surface area (Å²) in [6, 6.07) is 2.86. The van der Waals surface area contributed by atoms with Gasteiger partial charge in [0, 0.05) is 56.6 Å². The number of guanidine groups is 1. The van der Waals surface area contributed by atoms with Crippen molar-refractivity contribution in [3.05, 3.63) is 21.9 Å². The first kappa shape index (κ1) is 22.1. The number of carbonyl (C=O) groups is 1. The first-order valence-electron chi connectivity index (χ1n) is 11.3. The second-order valence-corrected chi connectivity index (χ2v) is 9.11. The minimum absolute atomic E-state index is 0.226. The van der Waals surface area contributed by atoms with Crippen LogP contribution >= 0.6 is 11.3 Å². The summed E-state index contributed by atoms with van der Waals surface area (Å²) >= 11 is 1.81. The Morgan fingerprint density at radius 1 is 1.31 bits per heavy atom. The Hall–Kier alpha value is -1.60. The van der Waals surface area contributed by atoms with E-state index in [0.717, 1.165) is 51.5 Å². The van der Waals surface area contributed by atoms with E-state index in [1.807, 2.05) is 16.2 Å². The third-order valence-corrected chi connectivity index (χ3v) is 6.97. The van der Waals surface area contributed by atoms with Crippen molar-refractivity contribution in [1.82, 2.24) is 20.4 Å². The van der Waals surface area contributed by atoms with Gasteiger partial charge in [-0.3, -0.25) is 9.79 Å². The summed E-state index contributed by atoms with van der Waals surface area (Å²) in [5.41, 5.74) is 1.32. The Morgan fingerprint density at radius 3 is 3.03 bits per heavy atom. The number of piperidine rings is 1. The molecular weight excluding hydrogens is 382 g/mol. The van der Waals surface area contributed by atoms with Gasteiger partial charge < -0.3 is 20.4 Å². The molecule has 1 fully saturated rings. The van der Waals surface area contributed by atoms with Crippen LogP contribution in [0.15, 0.2) is 16.4 Å². The fraction of sp³-hybridized carbons (Fsp3) is 0.727. The maximum atomic E-state index is 12.6. The highest BCUT2D eigenvalue weighted by molar-refractivity contribution is 7.10. The van der Waals surface area contributed by atoms with Crippen LogP contribution in [-0.4, -0.2) is 67.0 Å². The Balaban J connectivity index is 1.36. The van der Waals surface area contributed by atoms with Crippen LogP contribution in [0.1, 0.15) is 56.4 Å². The average molecular weight is 420 g/mol. The summed E-state index contributed by atoms with van der Waals surface area (Å²) in [7, 11) is 0. The lowest BCUT2D eigenvalue weighted by atomic mass is 10.0. The molecule has 1 unspecified atom stereocenters. The van der Waals surface area contributed by atoms with Gasteiger partial charge in [0.1, 0.15) is 0 Å².